The predicted molar refractivity (Wildman–Crippen MR) is 201 cm³/mol. The Kier molecular flexibility index (Phi) is 11.3. The first-order valence-corrected chi connectivity index (χ1v) is 18.3. The lowest BCUT2D eigenvalue weighted by molar-refractivity contribution is 0.353. The summed E-state index contributed by atoms with van der Waals surface area (Å²) >= 11 is 3.45. The number of rotatable bonds is 2. The van der Waals surface area contributed by atoms with Crippen LogP contribution in [0.4, 0.5) is 4.39 Å². The molecule has 8 rings (SSSR count). The first-order valence-electron chi connectivity index (χ1n) is 16.5. The Hall–Kier alpha value is -5.51. The highest BCUT2D eigenvalue weighted by molar-refractivity contribution is 9.10. The average Bonchev–Trinajstić information content (AvgIpc) is 3.12. The summed E-state index contributed by atoms with van der Waals surface area (Å²) in [4.78, 5) is 34.8. The third-order valence-corrected chi connectivity index (χ3v) is 9.37. The largest absolute Gasteiger partial charge is 0.425 e. The lowest BCUT2D eigenvalue weighted by atomic mass is 9.92. The van der Waals surface area contributed by atoms with E-state index in [1.807, 2.05) is 34.9 Å². The first kappa shape index (κ1) is 36.3. The molecule has 0 radical (unpaired) electrons. The zero-order valence-corrected chi connectivity index (χ0v) is 30.3. The highest BCUT2D eigenvalue weighted by atomic mass is 79.9. The second-order valence-corrected chi connectivity index (χ2v) is 13.9. The molecule has 1 unspecified atom stereocenters. The SMILES string of the molecule is C=C1CCc2nc3cc(C#Cc4cccc(F)c4)ccc3c(=O)n2C1.O=S(=O)=O.O=c1c2ccc(Br)cc2nc2n1CC(Cc1ccccc1)CC2. The third kappa shape index (κ3) is 8.85. The Morgan fingerprint density at radius 1 is 0.769 bits per heavy atom. The summed E-state index contributed by atoms with van der Waals surface area (Å²) in [6.45, 7) is 5.28. The highest BCUT2D eigenvalue weighted by Crippen LogP contribution is 2.24. The van der Waals surface area contributed by atoms with E-state index in [9.17, 15) is 14.0 Å². The minimum absolute atomic E-state index is 0.0366. The number of aromatic nitrogens is 4. The monoisotopic (exact) mass is 778 g/mol. The number of aryl methyl sites for hydroxylation is 2. The van der Waals surface area contributed by atoms with Crippen LogP contribution < -0.4 is 11.1 Å². The molecule has 12 heteroatoms. The Bertz CT molecular complexity index is 2630. The van der Waals surface area contributed by atoms with Gasteiger partial charge < -0.3 is 0 Å². The summed E-state index contributed by atoms with van der Waals surface area (Å²) in [5.41, 5.74) is 5.23. The molecule has 262 valence electrons. The Morgan fingerprint density at radius 2 is 1.40 bits per heavy atom. The lowest BCUT2D eigenvalue weighted by Crippen LogP contribution is -2.33. The molecule has 0 bridgehead atoms. The molecular weight excluding hydrogens is 747 g/mol. The average molecular weight is 780 g/mol. The van der Waals surface area contributed by atoms with E-state index < -0.39 is 10.6 Å². The van der Waals surface area contributed by atoms with Crippen LogP contribution in [-0.4, -0.2) is 31.7 Å². The van der Waals surface area contributed by atoms with E-state index in [1.165, 1.54) is 17.7 Å². The van der Waals surface area contributed by atoms with E-state index in [-0.39, 0.29) is 16.9 Å². The fraction of sp³-hybridized carbons (Fsp3) is 0.200. The highest BCUT2D eigenvalue weighted by Gasteiger charge is 2.22. The van der Waals surface area contributed by atoms with Crippen LogP contribution in [0.3, 0.4) is 0 Å². The number of benzene rings is 4. The van der Waals surface area contributed by atoms with Crippen LogP contribution in [0.5, 0.6) is 0 Å². The number of hydrogen-bond donors (Lipinski definition) is 0. The van der Waals surface area contributed by atoms with Gasteiger partial charge >= 0.3 is 10.6 Å². The van der Waals surface area contributed by atoms with E-state index in [0.29, 0.717) is 34.3 Å². The van der Waals surface area contributed by atoms with Crippen molar-refractivity contribution in [1.29, 1.82) is 0 Å². The summed E-state index contributed by atoms with van der Waals surface area (Å²) in [5, 5.41) is 1.28. The molecule has 4 heterocycles. The van der Waals surface area contributed by atoms with Crippen LogP contribution in [0.25, 0.3) is 21.8 Å². The minimum atomic E-state index is -3.11. The summed E-state index contributed by atoms with van der Waals surface area (Å²) in [7, 11) is -3.11. The van der Waals surface area contributed by atoms with Crippen molar-refractivity contribution in [2.75, 3.05) is 0 Å². The van der Waals surface area contributed by atoms with Crippen LogP contribution in [-0.2, 0) is 43.0 Å². The smallest absolute Gasteiger partial charge is 0.296 e. The fourth-order valence-corrected chi connectivity index (χ4v) is 6.77. The maximum absolute atomic E-state index is 13.2. The molecular formula is C40H32BrFN4O5S. The van der Waals surface area contributed by atoms with Gasteiger partial charge in [-0.1, -0.05) is 76.3 Å². The van der Waals surface area contributed by atoms with E-state index in [0.717, 1.165) is 71.4 Å². The van der Waals surface area contributed by atoms with Crippen molar-refractivity contribution in [3.8, 4) is 11.8 Å². The van der Waals surface area contributed by atoms with Crippen molar-refractivity contribution in [2.45, 2.75) is 45.2 Å². The second-order valence-electron chi connectivity index (χ2n) is 12.6. The molecule has 4 aromatic carbocycles. The molecule has 0 saturated carbocycles. The van der Waals surface area contributed by atoms with Crippen LogP contribution in [0, 0.1) is 23.6 Å². The fourth-order valence-electron chi connectivity index (χ4n) is 6.42. The van der Waals surface area contributed by atoms with Gasteiger partial charge in [0.15, 0.2) is 0 Å². The summed E-state index contributed by atoms with van der Waals surface area (Å²) in [6, 6.07) is 27.7. The second kappa shape index (κ2) is 16.2. The van der Waals surface area contributed by atoms with Gasteiger partial charge in [-0.2, -0.15) is 0 Å². The van der Waals surface area contributed by atoms with Crippen molar-refractivity contribution in [3.63, 3.8) is 0 Å². The number of halogens is 2. The Labute approximate surface area is 308 Å². The van der Waals surface area contributed by atoms with Gasteiger partial charge in [0.2, 0.25) is 0 Å². The summed E-state index contributed by atoms with van der Waals surface area (Å²) < 4.78 is 43.1. The molecule has 0 amide bonds. The maximum atomic E-state index is 13.2. The van der Waals surface area contributed by atoms with Gasteiger partial charge in [0, 0.05) is 41.5 Å². The van der Waals surface area contributed by atoms with Crippen LogP contribution in [0.2, 0.25) is 0 Å². The maximum Gasteiger partial charge on any atom is 0.425 e. The van der Waals surface area contributed by atoms with Crippen molar-refractivity contribution in [1.82, 2.24) is 19.1 Å². The zero-order chi connectivity index (χ0) is 36.8. The molecule has 2 aliphatic rings. The van der Waals surface area contributed by atoms with Gasteiger partial charge in [0.25, 0.3) is 11.1 Å². The van der Waals surface area contributed by atoms with Gasteiger partial charge in [0.05, 0.1) is 21.8 Å². The number of allylic oxidation sites excluding steroid dienone is 1. The molecule has 2 aromatic heterocycles. The van der Waals surface area contributed by atoms with E-state index in [4.69, 9.17) is 17.6 Å². The summed E-state index contributed by atoms with van der Waals surface area (Å²) in [5.74, 6) is 7.84. The Morgan fingerprint density at radius 3 is 2.12 bits per heavy atom. The van der Waals surface area contributed by atoms with E-state index in [2.05, 4.69) is 63.6 Å². The first-order chi connectivity index (χ1) is 25.0. The standard InChI is InChI=1S/C21H15FN2O.C19H17BrN2O.O3S/c1-14-5-10-20-23-19-12-16(7-6-15-3-2-4-17(22)11-15)8-9-18(19)21(25)24(20)13-14;20-15-7-8-16-17(11-15)21-18-9-6-14(12-22(18)19(16)23)10-13-4-2-1-3-5-13;1-4(2)3/h2-4,8-9,11-12H,1,5,10,13H2;1-5,7-8,11,14H,6,9-10,12H2;. The van der Waals surface area contributed by atoms with Gasteiger partial charge in [-0.3, -0.25) is 18.7 Å². The molecule has 2 aliphatic heterocycles. The van der Waals surface area contributed by atoms with E-state index >= 15 is 0 Å². The van der Waals surface area contributed by atoms with Crippen molar-refractivity contribution in [3.05, 3.63) is 162 Å². The van der Waals surface area contributed by atoms with Crippen LogP contribution in [0.1, 0.15) is 41.2 Å². The number of nitrogens with zero attached hydrogens (tertiary/aromatic N) is 4. The molecule has 0 spiro atoms. The number of hydrogen-bond acceptors (Lipinski definition) is 7. The zero-order valence-electron chi connectivity index (χ0n) is 27.9. The predicted octanol–water partition coefficient (Wildman–Crippen LogP) is 6.40. The third-order valence-electron chi connectivity index (χ3n) is 8.87. The van der Waals surface area contributed by atoms with Gasteiger partial charge in [-0.15, -0.1) is 12.6 Å². The van der Waals surface area contributed by atoms with Crippen LogP contribution >= 0.6 is 15.9 Å². The molecule has 6 aromatic rings. The lowest BCUT2D eigenvalue weighted by Gasteiger charge is -2.26. The molecule has 0 saturated heterocycles. The van der Waals surface area contributed by atoms with Gasteiger partial charge in [-0.05, 0) is 85.3 Å². The van der Waals surface area contributed by atoms with Gasteiger partial charge in [0.1, 0.15) is 17.5 Å². The van der Waals surface area contributed by atoms with Crippen molar-refractivity contribution >= 4 is 48.3 Å². The molecule has 0 N–H and O–H groups in total. The molecule has 0 fully saturated rings. The van der Waals surface area contributed by atoms with Gasteiger partial charge in [-0.25, -0.2) is 14.4 Å². The Balaban J connectivity index is 0.000000163. The van der Waals surface area contributed by atoms with E-state index in [1.54, 1.807) is 28.8 Å². The molecule has 1 atom stereocenters. The normalized spacial score (nSPS) is 14.4. The van der Waals surface area contributed by atoms with Crippen LogP contribution in [0.15, 0.2) is 117 Å². The molecule has 52 heavy (non-hydrogen) atoms. The topological polar surface area (TPSA) is 121 Å². The van der Waals surface area contributed by atoms with Crippen molar-refractivity contribution in [2.24, 2.45) is 5.92 Å². The minimum Gasteiger partial charge on any atom is -0.296 e. The molecule has 9 nitrogen and oxygen atoms in total. The van der Waals surface area contributed by atoms with Crippen molar-refractivity contribution < 1.29 is 17.0 Å². The quantitative estimate of drug-likeness (QED) is 0.147. The number of fused-ring (bicyclic) bond motifs is 4. The summed E-state index contributed by atoms with van der Waals surface area (Å²) in [6.07, 6.45) is 4.56. The molecule has 0 aliphatic carbocycles.